The van der Waals surface area contributed by atoms with E-state index in [4.69, 9.17) is 5.11 Å². The third-order valence-corrected chi connectivity index (χ3v) is 6.30. The maximum Gasteiger partial charge on any atom is 0.250 e. The molecule has 0 bridgehead atoms. The van der Waals surface area contributed by atoms with Crippen LogP contribution in [0.4, 0.5) is 0 Å². The summed E-state index contributed by atoms with van der Waals surface area (Å²) in [5.41, 5.74) is 0.981. The Labute approximate surface area is 106 Å². The lowest BCUT2D eigenvalue weighted by atomic mass is 10.2. The van der Waals surface area contributed by atoms with Gasteiger partial charge in [-0.3, -0.25) is 0 Å². The molecule has 1 aromatic rings. The standard InChI is InChI=1S/C11H17NO3S2/c1-8-5-10(16-9(8)6-13)17(14,15)12-7-11(2)3-4-11/h5,12-13H,3-4,6-7H2,1-2H3. The van der Waals surface area contributed by atoms with Crippen LogP contribution in [0.3, 0.4) is 0 Å². The largest absolute Gasteiger partial charge is 0.391 e. The Bertz CT molecular complexity index is 515. The lowest BCUT2D eigenvalue weighted by Crippen LogP contribution is -2.28. The maximum atomic E-state index is 12.0. The van der Waals surface area contributed by atoms with E-state index in [1.165, 1.54) is 0 Å². The third-order valence-electron chi connectivity index (χ3n) is 3.20. The van der Waals surface area contributed by atoms with Gasteiger partial charge in [-0.25, -0.2) is 13.1 Å². The van der Waals surface area contributed by atoms with E-state index < -0.39 is 10.0 Å². The number of aliphatic hydroxyl groups is 1. The Morgan fingerprint density at radius 1 is 1.53 bits per heavy atom. The minimum absolute atomic E-state index is 0.107. The number of rotatable bonds is 5. The van der Waals surface area contributed by atoms with Crippen molar-refractivity contribution in [2.75, 3.05) is 6.54 Å². The number of hydrogen-bond acceptors (Lipinski definition) is 4. The second kappa shape index (κ2) is 4.35. The summed E-state index contributed by atoms with van der Waals surface area (Å²) in [7, 11) is -3.41. The molecule has 96 valence electrons. The molecule has 4 nitrogen and oxygen atoms in total. The van der Waals surface area contributed by atoms with Gasteiger partial charge in [0, 0.05) is 11.4 Å². The highest BCUT2D eigenvalue weighted by atomic mass is 32.2. The van der Waals surface area contributed by atoms with E-state index in [0.717, 1.165) is 29.7 Å². The van der Waals surface area contributed by atoms with E-state index in [2.05, 4.69) is 11.6 Å². The Morgan fingerprint density at radius 3 is 2.65 bits per heavy atom. The molecule has 0 atom stereocenters. The molecule has 2 rings (SSSR count). The van der Waals surface area contributed by atoms with Crippen LogP contribution in [0.2, 0.25) is 0 Å². The molecular weight excluding hydrogens is 258 g/mol. The second-order valence-corrected chi connectivity index (χ2v) is 8.10. The van der Waals surface area contributed by atoms with Gasteiger partial charge in [-0.15, -0.1) is 11.3 Å². The lowest BCUT2D eigenvalue weighted by Gasteiger charge is -2.09. The Hall–Kier alpha value is -0.430. The summed E-state index contributed by atoms with van der Waals surface area (Å²) in [5.74, 6) is 0. The van der Waals surface area contributed by atoms with E-state index in [1.54, 1.807) is 6.07 Å². The van der Waals surface area contributed by atoms with Crippen LogP contribution in [0.1, 0.15) is 30.2 Å². The maximum absolute atomic E-state index is 12.0. The fraction of sp³-hybridized carbons (Fsp3) is 0.636. The predicted molar refractivity (Wildman–Crippen MR) is 67.5 cm³/mol. The summed E-state index contributed by atoms with van der Waals surface area (Å²) in [6.45, 7) is 4.28. The van der Waals surface area contributed by atoms with Gasteiger partial charge < -0.3 is 5.11 Å². The molecule has 1 aliphatic carbocycles. The van der Waals surface area contributed by atoms with Crippen LogP contribution in [0.5, 0.6) is 0 Å². The van der Waals surface area contributed by atoms with Crippen LogP contribution in [0.25, 0.3) is 0 Å². The molecular formula is C11H17NO3S2. The van der Waals surface area contributed by atoms with Gasteiger partial charge in [0.15, 0.2) is 0 Å². The quantitative estimate of drug-likeness (QED) is 0.858. The van der Waals surface area contributed by atoms with Crippen molar-refractivity contribution in [3.8, 4) is 0 Å². The van der Waals surface area contributed by atoms with Crippen molar-refractivity contribution in [3.05, 3.63) is 16.5 Å². The zero-order valence-corrected chi connectivity index (χ0v) is 11.6. The highest BCUT2D eigenvalue weighted by Gasteiger charge is 2.38. The van der Waals surface area contributed by atoms with Crippen LogP contribution in [-0.4, -0.2) is 20.1 Å². The normalized spacial score (nSPS) is 18.3. The van der Waals surface area contributed by atoms with Crippen LogP contribution in [0, 0.1) is 12.3 Å². The van der Waals surface area contributed by atoms with Crippen molar-refractivity contribution in [2.45, 2.75) is 37.5 Å². The number of thiophene rings is 1. The highest BCUT2D eigenvalue weighted by Crippen LogP contribution is 2.44. The molecule has 0 amide bonds. The van der Waals surface area contributed by atoms with Gasteiger partial charge in [0.2, 0.25) is 10.0 Å². The lowest BCUT2D eigenvalue weighted by molar-refractivity contribution is 0.285. The molecule has 6 heteroatoms. The number of nitrogens with one attached hydrogen (secondary N) is 1. The molecule has 0 saturated heterocycles. The van der Waals surface area contributed by atoms with Gasteiger partial charge in [0.25, 0.3) is 0 Å². The highest BCUT2D eigenvalue weighted by molar-refractivity contribution is 7.91. The smallest absolute Gasteiger partial charge is 0.250 e. The minimum atomic E-state index is -3.41. The summed E-state index contributed by atoms with van der Waals surface area (Å²) in [4.78, 5) is 0.711. The number of sulfonamides is 1. The first-order valence-electron chi connectivity index (χ1n) is 5.56. The SMILES string of the molecule is Cc1cc(S(=O)(=O)NCC2(C)CC2)sc1CO. The van der Waals surface area contributed by atoms with E-state index in [-0.39, 0.29) is 12.0 Å². The Morgan fingerprint density at radius 2 is 2.18 bits per heavy atom. The molecule has 0 aliphatic heterocycles. The summed E-state index contributed by atoms with van der Waals surface area (Å²) in [5, 5.41) is 9.06. The second-order valence-electron chi connectivity index (χ2n) is 4.96. The minimum Gasteiger partial charge on any atom is -0.391 e. The van der Waals surface area contributed by atoms with Crippen molar-refractivity contribution in [2.24, 2.45) is 5.41 Å². The Kier molecular flexibility index (Phi) is 3.33. The van der Waals surface area contributed by atoms with E-state index in [1.807, 2.05) is 6.92 Å². The summed E-state index contributed by atoms with van der Waals surface area (Å²) < 4.78 is 26.9. The first-order chi connectivity index (χ1) is 7.86. The summed E-state index contributed by atoms with van der Waals surface area (Å²) in [6.07, 6.45) is 2.17. The van der Waals surface area contributed by atoms with Crippen molar-refractivity contribution in [3.63, 3.8) is 0 Å². The van der Waals surface area contributed by atoms with Gasteiger partial charge in [0.1, 0.15) is 4.21 Å². The summed E-state index contributed by atoms with van der Waals surface area (Å²) >= 11 is 1.14. The fourth-order valence-corrected chi connectivity index (χ4v) is 4.20. The monoisotopic (exact) mass is 275 g/mol. The van der Waals surface area contributed by atoms with Crippen LogP contribution < -0.4 is 4.72 Å². The number of aryl methyl sites for hydroxylation is 1. The van der Waals surface area contributed by atoms with Gasteiger partial charge >= 0.3 is 0 Å². The first kappa shape index (κ1) is 13.0. The van der Waals surface area contributed by atoms with Crippen molar-refractivity contribution < 1.29 is 13.5 Å². The van der Waals surface area contributed by atoms with Gasteiger partial charge in [-0.1, -0.05) is 6.92 Å². The van der Waals surface area contributed by atoms with Gasteiger partial charge in [0.05, 0.1) is 6.61 Å². The first-order valence-corrected chi connectivity index (χ1v) is 7.86. The van der Waals surface area contributed by atoms with E-state index >= 15 is 0 Å². The zero-order valence-electron chi connectivity index (χ0n) is 9.99. The average molecular weight is 275 g/mol. The topological polar surface area (TPSA) is 66.4 Å². The molecule has 0 unspecified atom stereocenters. The molecule has 1 fully saturated rings. The molecule has 0 spiro atoms. The third kappa shape index (κ3) is 2.88. The fourth-order valence-electron chi connectivity index (χ4n) is 1.51. The molecule has 2 N–H and O–H groups in total. The van der Waals surface area contributed by atoms with E-state index in [0.29, 0.717) is 15.6 Å². The van der Waals surface area contributed by atoms with Crippen LogP contribution in [-0.2, 0) is 16.6 Å². The molecule has 17 heavy (non-hydrogen) atoms. The Balaban J connectivity index is 2.13. The number of hydrogen-bond donors (Lipinski definition) is 2. The summed E-state index contributed by atoms with van der Waals surface area (Å²) in [6, 6.07) is 1.62. The van der Waals surface area contributed by atoms with Crippen LogP contribution in [0.15, 0.2) is 10.3 Å². The van der Waals surface area contributed by atoms with E-state index in [9.17, 15) is 8.42 Å². The molecule has 0 radical (unpaired) electrons. The van der Waals surface area contributed by atoms with Gasteiger partial charge in [-0.05, 0) is 36.8 Å². The molecule has 1 aliphatic rings. The number of aliphatic hydroxyl groups excluding tert-OH is 1. The predicted octanol–water partition coefficient (Wildman–Crippen LogP) is 1.63. The van der Waals surface area contributed by atoms with Crippen molar-refractivity contribution in [1.82, 2.24) is 4.72 Å². The van der Waals surface area contributed by atoms with Crippen molar-refractivity contribution in [1.29, 1.82) is 0 Å². The molecule has 1 aromatic heterocycles. The van der Waals surface area contributed by atoms with Crippen LogP contribution >= 0.6 is 11.3 Å². The molecule has 0 aromatic carbocycles. The average Bonchev–Trinajstić information content (AvgIpc) is 2.87. The van der Waals surface area contributed by atoms with Gasteiger partial charge in [-0.2, -0.15) is 0 Å². The van der Waals surface area contributed by atoms with Crippen molar-refractivity contribution >= 4 is 21.4 Å². The zero-order chi connectivity index (χ0) is 12.7. The molecule has 1 heterocycles. The molecule has 1 saturated carbocycles.